The zero-order chi connectivity index (χ0) is 23.9. The van der Waals surface area contributed by atoms with Gasteiger partial charge in [-0.3, -0.25) is 14.3 Å². The minimum atomic E-state index is 0.0314. The Morgan fingerprint density at radius 3 is 2.59 bits per heavy atom. The summed E-state index contributed by atoms with van der Waals surface area (Å²) in [6.07, 6.45) is 2.66. The molecule has 4 rings (SSSR count). The number of thioether (sulfide) groups is 1. The van der Waals surface area contributed by atoms with Crippen LogP contribution >= 0.6 is 11.8 Å². The molecule has 3 aromatic rings. The molecular weight excluding hydrogens is 444 g/mol. The van der Waals surface area contributed by atoms with Gasteiger partial charge in [-0.15, -0.1) is 10.2 Å². The smallest absolute Gasteiger partial charge is 0.230 e. The number of carbonyl (C=O) groups excluding carboxylic acids is 1. The van der Waals surface area contributed by atoms with E-state index in [9.17, 15) is 4.79 Å². The van der Waals surface area contributed by atoms with Crippen LogP contribution in [0.1, 0.15) is 23.1 Å². The van der Waals surface area contributed by atoms with Crippen molar-refractivity contribution in [1.29, 1.82) is 0 Å². The molecule has 2 heterocycles. The Labute approximate surface area is 206 Å². The molecule has 1 aliphatic heterocycles. The molecule has 1 saturated heterocycles. The Kier molecular flexibility index (Phi) is 8.24. The Morgan fingerprint density at radius 1 is 1.00 bits per heavy atom. The number of nitrogens with zero attached hydrogens (tertiary/aromatic N) is 5. The van der Waals surface area contributed by atoms with Gasteiger partial charge in [0.25, 0.3) is 0 Å². The fourth-order valence-electron chi connectivity index (χ4n) is 4.14. The summed E-state index contributed by atoms with van der Waals surface area (Å²) in [5, 5.41) is 12.0. The lowest BCUT2D eigenvalue weighted by atomic mass is 10.1. The zero-order valence-corrected chi connectivity index (χ0v) is 21.1. The van der Waals surface area contributed by atoms with Crippen molar-refractivity contribution < 1.29 is 4.79 Å². The summed E-state index contributed by atoms with van der Waals surface area (Å²) in [7, 11) is 0. The second-order valence-electron chi connectivity index (χ2n) is 8.91. The third-order valence-corrected chi connectivity index (χ3v) is 7.27. The molecule has 0 atom stereocenters. The van der Waals surface area contributed by atoms with Crippen LogP contribution in [-0.2, 0) is 4.79 Å². The number of amides is 1. The molecule has 0 unspecified atom stereocenters. The summed E-state index contributed by atoms with van der Waals surface area (Å²) < 4.78 is 1.93. The summed E-state index contributed by atoms with van der Waals surface area (Å²) in [6, 6.07) is 15.0. The van der Waals surface area contributed by atoms with Gasteiger partial charge in [-0.05, 0) is 74.7 Å². The van der Waals surface area contributed by atoms with Gasteiger partial charge in [0.05, 0.1) is 5.75 Å². The number of aromatic nitrogens is 3. The fraction of sp³-hybridized carbons (Fsp3) is 0.423. The van der Waals surface area contributed by atoms with Gasteiger partial charge in [0, 0.05) is 44.1 Å². The molecule has 8 heteroatoms. The zero-order valence-electron chi connectivity index (χ0n) is 20.3. The van der Waals surface area contributed by atoms with Gasteiger partial charge in [-0.1, -0.05) is 30.0 Å². The van der Waals surface area contributed by atoms with E-state index in [4.69, 9.17) is 0 Å². The average molecular weight is 479 g/mol. The van der Waals surface area contributed by atoms with Crippen molar-refractivity contribution in [3.05, 3.63) is 65.5 Å². The highest BCUT2D eigenvalue weighted by Crippen LogP contribution is 2.21. The van der Waals surface area contributed by atoms with E-state index in [1.54, 1.807) is 6.33 Å². The SMILES string of the molecule is Cc1cccc(N2CCN(CCCNC(=O)CSc3nncn3-c3ccc(C)c(C)c3)CC2)c1. The molecule has 0 spiro atoms. The number of hydrogen-bond donors (Lipinski definition) is 1. The van der Waals surface area contributed by atoms with Gasteiger partial charge < -0.3 is 10.2 Å². The number of benzene rings is 2. The maximum absolute atomic E-state index is 12.4. The quantitative estimate of drug-likeness (QED) is 0.374. The summed E-state index contributed by atoms with van der Waals surface area (Å²) in [4.78, 5) is 17.3. The molecule has 1 N–H and O–H groups in total. The minimum absolute atomic E-state index is 0.0314. The van der Waals surface area contributed by atoms with Gasteiger partial charge in [-0.2, -0.15) is 0 Å². The number of nitrogens with one attached hydrogen (secondary N) is 1. The average Bonchev–Trinajstić information content (AvgIpc) is 3.31. The monoisotopic (exact) mass is 478 g/mol. The predicted molar refractivity (Wildman–Crippen MR) is 139 cm³/mol. The summed E-state index contributed by atoms with van der Waals surface area (Å²) >= 11 is 1.41. The molecule has 180 valence electrons. The lowest BCUT2D eigenvalue weighted by molar-refractivity contribution is -0.118. The molecule has 7 nitrogen and oxygen atoms in total. The molecule has 1 fully saturated rings. The Balaban J connectivity index is 1.14. The van der Waals surface area contributed by atoms with Crippen molar-refractivity contribution in [3.63, 3.8) is 0 Å². The van der Waals surface area contributed by atoms with E-state index in [2.05, 4.69) is 88.5 Å². The molecule has 0 saturated carbocycles. The van der Waals surface area contributed by atoms with Crippen LogP contribution in [0.4, 0.5) is 5.69 Å². The van der Waals surface area contributed by atoms with Crippen molar-refractivity contribution in [3.8, 4) is 5.69 Å². The molecule has 1 aromatic heterocycles. The number of anilines is 1. The van der Waals surface area contributed by atoms with Crippen molar-refractivity contribution in [2.24, 2.45) is 0 Å². The van der Waals surface area contributed by atoms with Gasteiger partial charge >= 0.3 is 0 Å². The number of carbonyl (C=O) groups is 1. The highest BCUT2D eigenvalue weighted by atomic mass is 32.2. The molecule has 0 bridgehead atoms. The van der Waals surface area contributed by atoms with Crippen molar-refractivity contribution in [2.45, 2.75) is 32.3 Å². The summed E-state index contributed by atoms with van der Waals surface area (Å²) in [5.74, 6) is 0.363. The maximum atomic E-state index is 12.4. The third kappa shape index (κ3) is 6.39. The van der Waals surface area contributed by atoms with Crippen LogP contribution in [0.3, 0.4) is 0 Å². The van der Waals surface area contributed by atoms with E-state index in [-0.39, 0.29) is 5.91 Å². The standard InChI is InChI=1S/C26H34N6OS/c1-20-6-4-7-23(16-20)31-14-12-30(13-15-31)11-5-10-27-25(33)18-34-26-29-28-19-32(26)24-9-8-21(2)22(3)17-24/h4,6-9,16-17,19H,5,10-15,18H2,1-3H3,(H,27,33). The van der Waals surface area contributed by atoms with E-state index in [0.29, 0.717) is 12.3 Å². The first-order chi connectivity index (χ1) is 16.5. The van der Waals surface area contributed by atoms with Crippen LogP contribution in [0.25, 0.3) is 5.69 Å². The lowest BCUT2D eigenvalue weighted by Crippen LogP contribution is -2.47. The second kappa shape index (κ2) is 11.5. The van der Waals surface area contributed by atoms with Gasteiger partial charge in [-0.25, -0.2) is 0 Å². The van der Waals surface area contributed by atoms with Crippen molar-refractivity contribution >= 4 is 23.4 Å². The van der Waals surface area contributed by atoms with Crippen LogP contribution in [0, 0.1) is 20.8 Å². The molecule has 2 aromatic carbocycles. The van der Waals surface area contributed by atoms with E-state index < -0.39 is 0 Å². The maximum Gasteiger partial charge on any atom is 0.230 e. The lowest BCUT2D eigenvalue weighted by Gasteiger charge is -2.36. The second-order valence-corrected chi connectivity index (χ2v) is 9.85. The molecule has 1 aliphatic rings. The molecule has 1 amide bonds. The van der Waals surface area contributed by atoms with Crippen LogP contribution in [0.15, 0.2) is 53.9 Å². The van der Waals surface area contributed by atoms with Crippen molar-refractivity contribution in [2.75, 3.05) is 49.9 Å². The highest BCUT2D eigenvalue weighted by molar-refractivity contribution is 7.99. The Bertz CT molecular complexity index is 1110. The number of hydrogen-bond acceptors (Lipinski definition) is 6. The largest absolute Gasteiger partial charge is 0.369 e. The van der Waals surface area contributed by atoms with Crippen LogP contribution in [0.2, 0.25) is 0 Å². The van der Waals surface area contributed by atoms with Gasteiger partial charge in [0.2, 0.25) is 5.91 Å². The molecule has 0 radical (unpaired) electrons. The van der Waals surface area contributed by atoms with Gasteiger partial charge in [0.1, 0.15) is 6.33 Å². The molecule has 34 heavy (non-hydrogen) atoms. The first-order valence-corrected chi connectivity index (χ1v) is 12.9. The highest BCUT2D eigenvalue weighted by Gasteiger charge is 2.17. The first kappa shape index (κ1) is 24.3. The number of rotatable bonds is 9. The summed E-state index contributed by atoms with van der Waals surface area (Å²) in [6.45, 7) is 12.3. The van der Waals surface area contributed by atoms with E-state index in [1.807, 2.05) is 4.57 Å². The van der Waals surface area contributed by atoms with Crippen LogP contribution in [-0.4, -0.2) is 70.6 Å². The van der Waals surface area contributed by atoms with Crippen LogP contribution < -0.4 is 10.2 Å². The fourth-order valence-corrected chi connectivity index (χ4v) is 4.90. The normalized spacial score (nSPS) is 14.4. The van der Waals surface area contributed by atoms with E-state index in [1.165, 1.54) is 34.1 Å². The Hall–Kier alpha value is -2.84. The predicted octanol–water partition coefficient (Wildman–Crippen LogP) is 3.61. The molecular formula is C26H34N6OS. The topological polar surface area (TPSA) is 66.3 Å². The summed E-state index contributed by atoms with van der Waals surface area (Å²) in [5.41, 5.74) is 6.10. The van der Waals surface area contributed by atoms with Gasteiger partial charge in [0.15, 0.2) is 5.16 Å². The van der Waals surface area contributed by atoms with E-state index in [0.717, 1.165) is 50.0 Å². The Morgan fingerprint density at radius 2 is 1.82 bits per heavy atom. The number of aryl methyl sites for hydroxylation is 3. The number of piperazine rings is 1. The van der Waals surface area contributed by atoms with Crippen LogP contribution in [0.5, 0.6) is 0 Å². The first-order valence-electron chi connectivity index (χ1n) is 11.9. The minimum Gasteiger partial charge on any atom is -0.369 e. The third-order valence-electron chi connectivity index (χ3n) is 6.33. The molecule has 0 aliphatic carbocycles. The van der Waals surface area contributed by atoms with Crippen molar-refractivity contribution in [1.82, 2.24) is 25.0 Å². The van der Waals surface area contributed by atoms with E-state index >= 15 is 0 Å².